The number of rotatable bonds is 5. The molecule has 1 atom stereocenters. The Morgan fingerprint density at radius 1 is 1.20 bits per heavy atom. The van der Waals surface area contributed by atoms with Crippen molar-refractivity contribution in [1.29, 1.82) is 0 Å². The lowest BCUT2D eigenvalue weighted by Crippen LogP contribution is -2.13. The third-order valence-corrected chi connectivity index (χ3v) is 4.30. The van der Waals surface area contributed by atoms with Gasteiger partial charge in [-0.15, -0.1) is 0 Å². The van der Waals surface area contributed by atoms with Crippen LogP contribution in [0.3, 0.4) is 0 Å². The minimum atomic E-state index is -0.892. The van der Waals surface area contributed by atoms with Crippen LogP contribution in [0.4, 0.5) is 0 Å². The van der Waals surface area contributed by atoms with Crippen LogP contribution in [0.25, 0.3) is 10.9 Å². The molecule has 0 radical (unpaired) electrons. The van der Waals surface area contributed by atoms with Crippen LogP contribution in [0, 0.1) is 10.1 Å². The van der Waals surface area contributed by atoms with Gasteiger partial charge in [0.1, 0.15) is 5.75 Å². The fraction of sp³-hybridized carbons (Fsp3) is 0.211. The number of para-hydroxylation sites is 1. The highest BCUT2D eigenvalue weighted by Gasteiger charge is 2.25. The third kappa shape index (κ3) is 3.24. The van der Waals surface area contributed by atoms with Gasteiger partial charge in [-0.3, -0.25) is 19.5 Å². The standard InChI is InChI=1S/C19H18N2O4/c1-13(22)20-12-15(17-5-3-4-6-18(17)20)11-19(21(23)24)14-7-9-16(25-2)10-8-14/h3-10,12,19H,11H2,1-2H3/t19-/m0/s1. The van der Waals surface area contributed by atoms with E-state index >= 15 is 0 Å². The molecule has 0 aliphatic rings. The number of hydrogen-bond donors (Lipinski definition) is 0. The number of carbonyl (C=O) groups excluding carboxylic acids is 1. The Balaban J connectivity index is 2.02. The largest absolute Gasteiger partial charge is 0.497 e. The number of carbonyl (C=O) groups is 1. The molecule has 0 aliphatic carbocycles. The van der Waals surface area contributed by atoms with Crippen molar-refractivity contribution in [2.75, 3.05) is 7.11 Å². The second-order valence-corrected chi connectivity index (χ2v) is 5.84. The number of benzene rings is 2. The fourth-order valence-corrected chi connectivity index (χ4v) is 3.02. The summed E-state index contributed by atoms with van der Waals surface area (Å²) in [4.78, 5) is 23.2. The average Bonchev–Trinajstić information content (AvgIpc) is 2.98. The van der Waals surface area contributed by atoms with Gasteiger partial charge in [-0.05, 0) is 35.9 Å². The van der Waals surface area contributed by atoms with Gasteiger partial charge in [0.05, 0.1) is 12.6 Å². The van der Waals surface area contributed by atoms with E-state index in [1.54, 1.807) is 37.6 Å². The number of fused-ring (bicyclic) bond motifs is 1. The van der Waals surface area contributed by atoms with Crippen molar-refractivity contribution in [1.82, 2.24) is 4.57 Å². The van der Waals surface area contributed by atoms with Crippen LogP contribution in [0.15, 0.2) is 54.7 Å². The molecule has 0 amide bonds. The number of ether oxygens (including phenoxy) is 1. The van der Waals surface area contributed by atoms with E-state index in [0.29, 0.717) is 11.3 Å². The zero-order valence-electron chi connectivity index (χ0n) is 14.0. The van der Waals surface area contributed by atoms with E-state index in [1.165, 1.54) is 11.5 Å². The zero-order valence-corrected chi connectivity index (χ0v) is 14.0. The summed E-state index contributed by atoms with van der Waals surface area (Å²) in [6, 6.07) is 13.4. The lowest BCUT2D eigenvalue weighted by atomic mass is 9.99. The van der Waals surface area contributed by atoms with Gasteiger partial charge in [-0.2, -0.15) is 0 Å². The summed E-state index contributed by atoms with van der Waals surface area (Å²) < 4.78 is 6.64. The molecule has 0 saturated carbocycles. The van der Waals surface area contributed by atoms with Gasteiger partial charge < -0.3 is 4.74 Å². The third-order valence-electron chi connectivity index (χ3n) is 4.30. The Morgan fingerprint density at radius 2 is 1.88 bits per heavy atom. The molecule has 0 unspecified atom stereocenters. The summed E-state index contributed by atoms with van der Waals surface area (Å²) in [5.74, 6) is 0.531. The lowest BCUT2D eigenvalue weighted by Gasteiger charge is -2.10. The maximum absolute atomic E-state index is 11.8. The Labute approximate surface area is 144 Å². The van der Waals surface area contributed by atoms with E-state index in [4.69, 9.17) is 4.74 Å². The molecule has 128 valence electrons. The minimum Gasteiger partial charge on any atom is -0.497 e. The van der Waals surface area contributed by atoms with Crippen molar-refractivity contribution in [3.05, 3.63) is 76.0 Å². The number of nitrogens with zero attached hydrogens (tertiary/aromatic N) is 2. The number of hydrogen-bond acceptors (Lipinski definition) is 4. The van der Waals surface area contributed by atoms with E-state index in [1.807, 2.05) is 24.3 Å². The van der Waals surface area contributed by atoms with Crippen molar-refractivity contribution in [3.63, 3.8) is 0 Å². The smallest absolute Gasteiger partial charge is 0.242 e. The Kier molecular flexibility index (Phi) is 4.52. The van der Waals surface area contributed by atoms with E-state index < -0.39 is 6.04 Å². The first-order valence-electron chi connectivity index (χ1n) is 7.88. The summed E-state index contributed by atoms with van der Waals surface area (Å²) in [5.41, 5.74) is 2.15. The summed E-state index contributed by atoms with van der Waals surface area (Å²) in [6.07, 6.45) is 1.91. The molecule has 0 fully saturated rings. The Hall–Kier alpha value is -3.15. The van der Waals surface area contributed by atoms with Gasteiger partial charge in [0.25, 0.3) is 0 Å². The van der Waals surface area contributed by atoms with Crippen LogP contribution in [0.1, 0.15) is 28.9 Å². The van der Waals surface area contributed by atoms with Crippen molar-refractivity contribution in [2.45, 2.75) is 19.4 Å². The molecule has 0 bridgehead atoms. The maximum Gasteiger partial charge on any atom is 0.242 e. The summed E-state index contributed by atoms with van der Waals surface area (Å²) in [5, 5.41) is 12.5. The number of aromatic nitrogens is 1. The highest BCUT2D eigenvalue weighted by atomic mass is 16.6. The van der Waals surface area contributed by atoms with Crippen LogP contribution in [0.2, 0.25) is 0 Å². The van der Waals surface area contributed by atoms with Gasteiger partial charge in [0, 0.05) is 35.4 Å². The first-order valence-corrected chi connectivity index (χ1v) is 7.88. The van der Waals surface area contributed by atoms with Crippen LogP contribution < -0.4 is 4.74 Å². The molecule has 6 nitrogen and oxygen atoms in total. The zero-order chi connectivity index (χ0) is 18.0. The second-order valence-electron chi connectivity index (χ2n) is 5.84. The Morgan fingerprint density at radius 3 is 2.48 bits per heavy atom. The van der Waals surface area contributed by atoms with Crippen molar-refractivity contribution in [2.24, 2.45) is 0 Å². The molecular formula is C19H18N2O4. The molecule has 2 aromatic carbocycles. The SMILES string of the molecule is COc1ccc([C@H](Cc2cn(C(C)=O)c3ccccc23)[N+](=O)[O-])cc1. The van der Waals surface area contributed by atoms with E-state index in [-0.39, 0.29) is 17.3 Å². The first-order chi connectivity index (χ1) is 12.0. The molecule has 6 heteroatoms. The molecule has 3 rings (SSSR count). The second kappa shape index (κ2) is 6.76. The minimum absolute atomic E-state index is 0.121. The predicted octanol–water partition coefficient (Wildman–Crippen LogP) is 3.87. The number of methoxy groups -OCH3 is 1. The molecule has 0 N–H and O–H groups in total. The quantitative estimate of drug-likeness (QED) is 0.523. The molecule has 1 aromatic heterocycles. The lowest BCUT2D eigenvalue weighted by molar-refractivity contribution is -0.528. The summed E-state index contributed by atoms with van der Waals surface area (Å²) in [6.45, 7) is 1.48. The molecule has 1 heterocycles. The molecule has 3 aromatic rings. The van der Waals surface area contributed by atoms with E-state index in [0.717, 1.165) is 16.5 Å². The highest BCUT2D eigenvalue weighted by Crippen LogP contribution is 2.29. The topological polar surface area (TPSA) is 74.4 Å². The highest BCUT2D eigenvalue weighted by molar-refractivity contribution is 5.93. The fourth-order valence-electron chi connectivity index (χ4n) is 3.02. The first kappa shape index (κ1) is 16.7. The van der Waals surface area contributed by atoms with Gasteiger partial charge in [-0.1, -0.05) is 18.2 Å². The predicted molar refractivity (Wildman–Crippen MR) is 94.7 cm³/mol. The normalized spacial score (nSPS) is 12.1. The summed E-state index contributed by atoms with van der Waals surface area (Å²) >= 11 is 0. The Bertz CT molecular complexity index is 928. The molecule has 0 aliphatic heterocycles. The maximum atomic E-state index is 11.8. The van der Waals surface area contributed by atoms with E-state index in [9.17, 15) is 14.9 Å². The monoisotopic (exact) mass is 338 g/mol. The van der Waals surface area contributed by atoms with Crippen molar-refractivity contribution >= 4 is 16.8 Å². The molecule has 25 heavy (non-hydrogen) atoms. The van der Waals surface area contributed by atoms with Crippen LogP contribution in [-0.2, 0) is 6.42 Å². The van der Waals surface area contributed by atoms with E-state index in [2.05, 4.69) is 0 Å². The van der Waals surface area contributed by atoms with Crippen LogP contribution in [0.5, 0.6) is 5.75 Å². The molecular weight excluding hydrogens is 320 g/mol. The summed E-state index contributed by atoms with van der Waals surface area (Å²) in [7, 11) is 1.55. The van der Waals surface area contributed by atoms with Gasteiger partial charge >= 0.3 is 0 Å². The van der Waals surface area contributed by atoms with Gasteiger partial charge in [0.15, 0.2) is 0 Å². The van der Waals surface area contributed by atoms with Gasteiger partial charge in [0.2, 0.25) is 11.9 Å². The molecule has 0 spiro atoms. The number of nitro groups is 1. The van der Waals surface area contributed by atoms with Crippen LogP contribution >= 0.6 is 0 Å². The van der Waals surface area contributed by atoms with Gasteiger partial charge in [-0.25, -0.2) is 0 Å². The van der Waals surface area contributed by atoms with Crippen molar-refractivity contribution in [3.8, 4) is 5.75 Å². The van der Waals surface area contributed by atoms with Crippen molar-refractivity contribution < 1.29 is 14.5 Å². The molecule has 0 saturated heterocycles. The average molecular weight is 338 g/mol. The van der Waals surface area contributed by atoms with Crippen LogP contribution in [-0.4, -0.2) is 22.5 Å².